The summed E-state index contributed by atoms with van der Waals surface area (Å²) in [5, 5.41) is 0.146. The van der Waals surface area contributed by atoms with Crippen LogP contribution in [0.2, 0.25) is 5.02 Å². The van der Waals surface area contributed by atoms with Crippen molar-refractivity contribution in [2.75, 3.05) is 38.2 Å². The van der Waals surface area contributed by atoms with E-state index in [0.29, 0.717) is 26.2 Å². The molecule has 0 bridgehead atoms. The van der Waals surface area contributed by atoms with E-state index in [0.717, 1.165) is 11.4 Å². The van der Waals surface area contributed by atoms with Crippen molar-refractivity contribution in [3.8, 4) is 5.75 Å². The Labute approximate surface area is 145 Å². The number of amides is 1. The molecule has 3 rings (SSSR count). The predicted molar refractivity (Wildman–Crippen MR) is 92.5 cm³/mol. The Bertz CT molecular complexity index is 725. The van der Waals surface area contributed by atoms with Gasteiger partial charge in [-0.1, -0.05) is 29.8 Å². The number of rotatable bonds is 3. The minimum Gasteiger partial charge on any atom is -0.495 e. The average Bonchev–Trinajstić information content (AvgIpc) is 2.61. The van der Waals surface area contributed by atoms with Gasteiger partial charge < -0.3 is 14.5 Å². The van der Waals surface area contributed by atoms with Gasteiger partial charge in [0.05, 0.1) is 23.4 Å². The second-order valence-corrected chi connectivity index (χ2v) is 5.95. The van der Waals surface area contributed by atoms with Crippen LogP contribution in [0.25, 0.3) is 0 Å². The highest BCUT2D eigenvalue weighted by atomic mass is 35.5. The Balaban J connectivity index is 1.72. The van der Waals surface area contributed by atoms with E-state index in [2.05, 4.69) is 4.90 Å². The van der Waals surface area contributed by atoms with Crippen LogP contribution >= 0.6 is 11.6 Å². The van der Waals surface area contributed by atoms with Crippen LogP contribution in [-0.2, 0) is 0 Å². The molecule has 0 aromatic heterocycles. The predicted octanol–water partition coefficient (Wildman–Crippen LogP) is 3.45. The highest BCUT2D eigenvalue weighted by Gasteiger charge is 2.26. The third-order valence-corrected chi connectivity index (χ3v) is 4.48. The molecule has 4 nitrogen and oxygen atoms in total. The van der Waals surface area contributed by atoms with Gasteiger partial charge in [0.15, 0.2) is 0 Å². The highest BCUT2D eigenvalue weighted by Crippen LogP contribution is 2.29. The zero-order chi connectivity index (χ0) is 17.1. The average molecular weight is 349 g/mol. The molecule has 1 heterocycles. The number of ether oxygens (including phenoxy) is 1. The van der Waals surface area contributed by atoms with Crippen LogP contribution in [-0.4, -0.2) is 44.1 Å². The molecule has 0 radical (unpaired) electrons. The topological polar surface area (TPSA) is 32.8 Å². The Kier molecular flexibility index (Phi) is 4.90. The molecule has 1 saturated heterocycles. The van der Waals surface area contributed by atoms with Gasteiger partial charge in [0.2, 0.25) is 0 Å². The largest absolute Gasteiger partial charge is 0.495 e. The summed E-state index contributed by atoms with van der Waals surface area (Å²) < 4.78 is 19.3. The summed E-state index contributed by atoms with van der Waals surface area (Å²) >= 11 is 5.99. The number of anilines is 1. The summed E-state index contributed by atoms with van der Waals surface area (Å²) in [6.07, 6.45) is 0. The smallest absolute Gasteiger partial charge is 0.258 e. The lowest BCUT2D eigenvalue weighted by Gasteiger charge is -2.36. The number of piperazine rings is 1. The van der Waals surface area contributed by atoms with E-state index in [1.807, 2.05) is 24.3 Å². The highest BCUT2D eigenvalue weighted by molar-refractivity contribution is 6.33. The molecule has 0 aliphatic carbocycles. The summed E-state index contributed by atoms with van der Waals surface area (Å²) in [5.41, 5.74) is 0.945. The first kappa shape index (κ1) is 16.6. The summed E-state index contributed by atoms with van der Waals surface area (Å²) in [7, 11) is 1.64. The third-order valence-electron chi connectivity index (χ3n) is 4.17. The maximum Gasteiger partial charge on any atom is 0.258 e. The van der Waals surface area contributed by atoms with Crippen molar-refractivity contribution < 1.29 is 13.9 Å². The van der Waals surface area contributed by atoms with Crippen molar-refractivity contribution >= 4 is 23.2 Å². The van der Waals surface area contributed by atoms with E-state index in [1.165, 1.54) is 18.2 Å². The Morgan fingerprint density at radius 2 is 1.79 bits per heavy atom. The molecule has 2 aromatic carbocycles. The molecule has 0 N–H and O–H groups in total. The first-order valence-electron chi connectivity index (χ1n) is 7.73. The van der Waals surface area contributed by atoms with Crippen molar-refractivity contribution in [2.45, 2.75) is 0 Å². The number of hydrogen-bond donors (Lipinski definition) is 0. The molecule has 6 heteroatoms. The molecule has 0 unspecified atom stereocenters. The normalized spacial score (nSPS) is 14.6. The summed E-state index contributed by atoms with van der Waals surface area (Å²) in [4.78, 5) is 16.4. The summed E-state index contributed by atoms with van der Waals surface area (Å²) in [6.45, 7) is 2.31. The van der Waals surface area contributed by atoms with Crippen LogP contribution in [0.15, 0.2) is 42.5 Å². The van der Waals surface area contributed by atoms with E-state index < -0.39 is 5.82 Å². The molecular weight excluding hydrogens is 331 g/mol. The third kappa shape index (κ3) is 3.17. The molecule has 1 amide bonds. The summed E-state index contributed by atoms with van der Waals surface area (Å²) in [5.74, 6) is -0.146. The zero-order valence-electron chi connectivity index (χ0n) is 13.3. The first-order chi connectivity index (χ1) is 11.6. The quantitative estimate of drug-likeness (QED) is 0.851. The van der Waals surface area contributed by atoms with Gasteiger partial charge in [-0.25, -0.2) is 4.39 Å². The van der Waals surface area contributed by atoms with Gasteiger partial charge in [-0.05, 0) is 24.3 Å². The monoisotopic (exact) mass is 348 g/mol. The number of halogens is 2. The van der Waals surface area contributed by atoms with Gasteiger partial charge in [-0.3, -0.25) is 4.79 Å². The van der Waals surface area contributed by atoms with Gasteiger partial charge in [0.25, 0.3) is 5.91 Å². The van der Waals surface area contributed by atoms with Crippen molar-refractivity contribution in [2.24, 2.45) is 0 Å². The van der Waals surface area contributed by atoms with Crippen LogP contribution in [0.4, 0.5) is 10.1 Å². The molecular formula is C18H18ClFN2O2. The number of methoxy groups -OCH3 is 1. The van der Waals surface area contributed by atoms with Gasteiger partial charge in [0.1, 0.15) is 11.6 Å². The van der Waals surface area contributed by atoms with Gasteiger partial charge in [-0.15, -0.1) is 0 Å². The van der Waals surface area contributed by atoms with Crippen molar-refractivity contribution in [3.05, 3.63) is 58.9 Å². The molecule has 1 aliphatic heterocycles. The molecule has 0 atom stereocenters. The van der Waals surface area contributed by atoms with Crippen LogP contribution in [0.1, 0.15) is 10.4 Å². The number of nitrogens with zero attached hydrogens (tertiary/aromatic N) is 2. The van der Waals surface area contributed by atoms with Crippen LogP contribution < -0.4 is 9.64 Å². The summed E-state index contributed by atoms with van der Waals surface area (Å²) in [6, 6.07) is 12.0. The fraction of sp³-hybridized carbons (Fsp3) is 0.278. The Morgan fingerprint density at radius 1 is 1.08 bits per heavy atom. The number of para-hydroxylation sites is 2. The van der Waals surface area contributed by atoms with Crippen molar-refractivity contribution in [3.63, 3.8) is 0 Å². The molecule has 0 spiro atoms. The second-order valence-electron chi connectivity index (χ2n) is 5.55. The van der Waals surface area contributed by atoms with Gasteiger partial charge in [0, 0.05) is 26.2 Å². The second kappa shape index (κ2) is 7.09. The number of benzene rings is 2. The Morgan fingerprint density at radius 3 is 2.46 bits per heavy atom. The minimum absolute atomic E-state index is 0.0510. The van der Waals surface area contributed by atoms with Gasteiger partial charge >= 0.3 is 0 Å². The Hall–Kier alpha value is -2.27. The fourth-order valence-electron chi connectivity index (χ4n) is 2.90. The van der Waals surface area contributed by atoms with Crippen LogP contribution in [0, 0.1) is 5.82 Å². The van der Waals surface area contributed by atoms with E-state index in [1.54, 1.807) is 12.0 Å². The van der Waals surface area contributed by atoms with Crippen molar-refractivity contribution in [1.29, 1.82) is 0 Å². The lowest BCUT2D eigenvalue weighted by Crippen LogP contribution is -2.49. The number of carbonyl (C=O) groups is 1. The fourth-order valence-corrected chi connectivity index (χ4v) is 3.15. The molecule has 0 saturated carbocycles. The van der Waals surface area contributed by atoms with Crippen LogP contribution in [0.5, 0.6) is 5.75 Å². The molecule has 1 fully saturated rings. The molecule has 24 heavy (non-hydrogen) atoms. The van der Waals surface area contributed by atoms with Gasteiger partial charge in [-0.2, -0.15) is 0 Å². The van der Waals surface area contributed by atoms with E-state index in [4.69, 9.17) is 16.3 Å². The maximum atomic E-state index is 13.9. The first-order valence-corrected chi connectivity index (χ1v) is 8.11. The lowest BCUT2D eigenvalue weighted by atomic mass is 10.1. The molecule has 2 aromatic rings. The number of hydrogen-bond acceptors (Lipinski definition) is 3. The van der Waals surface area contributed by atoms with E-state index >= 15 is 0 Å². The molecule has 126 valence electrons. The number of carbonyl (C=O) groups excluding carboxylic acids is 1. The van der Waals surface area contributed by atoms with E-state index in [-0.39, 0.29) is 16.5 Å². The van der Waals surface area contributed by atoms with E-state index in [9.17, 15) is 9.18 Å². The minimum atomic E-state index is -0.584. The zero-order valence-corrected chi connectivity index (χ0v) is 14.1. The molecule has 1 aliphatic rings. The standard InChI is InChI=1S/C18H18ClFN2O2/c1-24-16-8-3-2-7-15(16)21-9-11-22(12-10-21)18(23)17-13(19)5-4-6-14(17)20/h2-8H,9-12H2,1H3. The van der Waals surface area contributed by atoms with Crippen molar-refractivity contribution in [1.82, 2.24) is 4.90 Å². The SMILES string of the molecule is COc1ccccc1N1CCN(C(=O)c2c(F)cccc2Cl)CC1. The maximum absolute atomic E-state index is 13.9. The lowest BCUT2D eigenvalue weighted by molar-refractivity contribution is 0.0742. The van der Waals surface area contributed by atoms with Crippen LogP contribution in [0.3, 0.4) is 0 Å².